The number of carbonyl (C=O) groups is 3. The molecule has 192 valence electrons. The Morgan fingerprint density at radius 3 is 2.18 bits per heavy atom. The fraction of sp³-hybridized carbons (Fsp3) is 0.143. The van der Waals surface area contributed by atoms with Gasteiger partial charge in [-0.05, 0) is 42.8 Å². The van der Waals surface area contributed by atoms with Crippen LogP contribution >= 0.6 is 0 Å². The molecule has 8 nitrogen and oxygen atoms in total. The Labute approximate surface area is 214 Å². The summed E-state index contributed by atoms with van der Waals surface area (Å²) in [7, 11) is 0. The van der Waals surface area contributed by atoms with E-state index in [0.717, 1.165) is 6.07 Å². The molecule has 2 heterocycles. The molecular formula is C28H21F2N3O5. The lowest BCUT2D eigenvalue weighted by Crippen LogP contribution is -2.35. The summed E-state index contributed by atoms with van der Waals surface area (Å²) in [6, 6.07) is 14.7. The van der Waals surface area contributed by atoms with E-state index in [-0.39, 0.29) is 42.0 Å². The number of carbonyl (C=O) groups excluding carboxylic acids is 3. The third-order valence-electron chi connectivity index (χ3n) is 6.43. The third kappa shape index (κ3) is 4.19. The molecule has 5 rings (SSSR count). The van der Waals surface area contributed by atoms with E-state index < -0.39 is 28.3 Å². The highest BCUT2D eigenvalue weighted by molar-refractivity contribution is 6.21. The topological polar surface area (TPSA) is 114 Å². The van der Waals surface area contributed by atoms with Gasteiger partial charge in [0.05, 0.1) is 22.2 Å². The molecule has 3 aromatic carbocycles. The van der Waals surface area contributed by atoms with Gasteiger partial charge in [-0.2, -0.15) is 0 Å². The maximum Gasteiger partial charge on any atom is 0.261 e. The van der Waals surface area contributed by atoms with Gasteiger partial charge in [-0.25, -0.2) is 8.78 Å². The number of anilines is 2. The van der Waals surface area contributed by atoms with Crippen molar-refractivity contribution in [3.63, 3.8) is 0 Å². The lowest BCUT2D eigenvalue weighted by molar-refractivity contribution is -0.116. The number of amides is 3. The van der Waals surface area contributed by atoms with Gasteiger partial charge in [0, 0.05) is 43.4 Å². The van der Waals surface area contributed by atoms with E-state index in [9.17, 15) is 28.0 Å². The predicted octanol–water partition coefficient (Wildman–Crippen LogP) is 4.36. The van der Waals surface area contributed by atoms with Crippen LogP contribution in [0.1, 0.15) is 34.1 Å². The number of benzene rings is 3. The van der Waals surface area contributed by atoms with E-state index in [4.69, 9.17) is 10.2 Å². The van der Waals surface area contributed by atoms with Gasteiger partial charge in [0.15, 0.2) is 16.8 Å². The monoisotopic (exact) mass is 517 g/mol. The molecule has 0 aliphatic carbocycles. The quantitative estimate of drug-likeness (QED) is 0.300. The highest BCUT2D eigenvalue weighted by Gasteiger charge is 2.34. The van der Waals surface area contributed by atoms with Gasteiger partial charge in [-0.1, -0.05) is 12.1 Å². The van der Waals surface area contributed by atoms with Crippen LogP contribution in [0.4, 0.5) is 20.2 Å². The van der Waals surface area contributed by atoms with Crippen molar-refractivity contribution in [1.82, 2.24) is 4.90 Å². The second-order valence-electron chi connectivity index (χ2n) is 8.81. The van der Waals surface area contributed by atoms with Crippen LogP contribution in [-0.2, 0) is 4.79 Å². The first-order valence-electron chi connectivity index (χ1n) is 11.7. The number of fused-ring (bicyclic) bond motifs is 2. The summed E-state index contributed by atoms with van der Waals surface area (Å²) in [5.74, 6) is -3.03. The van der Waals surface area contributed by atoms with Gasteiger partial charge in [-0.3, -0.25) is 24.1 Å². The van der Waals surface area contributed by atoms with E-state index in [1.165, 1.54) is 16.7 Å². The van der Waals surface area contributed by atoms with E-state index in [2.05, 4.69) is 0 Å². The molecule has 0 radical (unpaired) electrons. The van der Waals surface area contributed by atoms with Crippen LogP contribution in [0.5, 0.6) is 0 Å². The zero-order valence-electron chi connectivity index (χ0n) is 20.2. The molecule has 0 spiro atoms. The first-order chi connectivity index (χ1) is 18.2. The van der Waals surface area contributed by atoms with Crippen LogP contribution in [0.2, 0.25) is 0 Å². The Bertz CT molecular complexity index is 1650. The number of halogens is 2. The molecular weight excluding hydrogens is 496 g/mol. The molecule has 3 amide bonds. The van der Waals surface area contributed by atoms with Crippen molar-refractivity contribution in [2.45, 2.75) is 13.3 Å². The minimum absolute atomic E-state index is 0.0407. The first kappa shape index (κ1) is 24.8. The molecule has 2 N–H and O–H groups in total. The van der Waals surface area contributed by atoms with Crippen molar-refractivity contribution in [3.8, 4) is 11.3 Å². The van der Waals surface area contributed by atoms with Gasteiger partial charge < -0.3 is 15.1 Å². The molecule has 10 heteroatoms. The Hall–Kier alpha value is -4.86. The number of imide groups is 1. The fourth-order valence-electron chi connectivity index (χ4n) is 4.54. The zero-order chi connectivity index (χ0) is 27.1. The van der Waals surface area contributed by atoms with Gasteiger partial charge in [0.2, 0.25) is 5.91 Å². The SMILES string of the molecule is CC(=O)N(CCCN1C(=O)c2ccccc2C1=O)c1ccc(-c2cc(=O)c3c(N)c(F)cc(F)c3o2)cc1. The van der Waals surface area contributed by atoms with Crippen molar-refractivity contribution in [1.29, 1.82) is 0 Å². The standard InChI is InChI=1S/C28H21F2N3O5/c1-15(34)32(11-4-12-33-27(36)18-5-2-3-6-19(18)28(33)37)17-9-7-16(8-10-17)23-14-22(35)24-25(31)20(29)13-21(30)26(24)38-23/h2-3,5-10,13-14H,4,11-12,31H2,1H3. The summed E-state index contributed by atoms with van der Waals surface area (Å²) >= 11 is 0. The van der Waals surface area contributed by atoms with Crippen LogP contribution in [0.25, 0.3) is 22.3 Å². The Morgan fingerprint density at radius 2 is 1.58 bits per heavy atom. The van der Waals surface area contributed by atoms with Gasteiger partial charge in [-0.15, -0.1) is 0 Å². The fourth-order valence-corrected chi connectivity index (χ4v) is 4.54. The third-order valence-corrected chi connectivity index (χ3v) is 6.43. The number of nitrogens with two attached hydrogens (primary N) is 1. The Balaban J connectivity index is 1.33. The lowest BCUT2D eigenvalue weighted by atomic mass is 10.1. The van der Waals surface area contributed by atoms with Crippen LogP contribution < -0.4 is 16.1 Å². The van der Waals surface area contributed by atoms with Crippen LogP contribution in [0.3, 0.4) is 0 Å². The van der Waals surface area contributed by atoms with E-state index in [1.807, 2.05) is 0 Å². The van der Waals surface area contributed by atoms with Crippen molar-refractivity contribution < 1.29 is 27.6 Å². The molecule has 4 aromatic rings. The zero-order valence-corrected chi connectivity index (χ0v) is 20.2. The number of hydrogen-bond donors (Lipinski definition) is 1. The summed E-state index contributed by atoms with van der Waals surface area (Å²) in [6.07, 6.45) is 0.351. The molecule has 1 aromatic heterocycles. The van der Waals surface area contributed by atoms with Crippen molar-refractivity contribution in [3.05, 3.63) is 93.6 Å². The lowest BCUT2D eigenvalue weighted by Gasteiger charge is -2.23. The van der Waals surface area contributed by atoms with Crippen LogP contribution in [0.15, 0.2) is 69.9 Å². The van der Waals surface area contributed by atoms with Crippen LogP contribution in [-0.4, -0.2) is 35.7 Å². The summed E-state index contributed by atoms with van der Waals surface area (Å²) in [4.78, 5) is 52.7. The first-order valence-corrected chi connectivity index (χ1v) is 11.7. The molecule has 38 heavy (non-hydrogen) atoms. The second kappa shape index (κ2) is 9.55. The normalized spacial score (nSPS) is 12.8. The van der Waals surface area contributed by atoms with E-state index in [0.29, 0.717) is 34.9 Å². The summed E-state index contributed by atoms with van der Waals surface area (Å²) in [5, 5.41) is -0.372. The minimum atomic E-state index is -1.05. The Kier molecular flexibility index (Phi) is 6.23. The molecule has 0 saturated heterocycles. The molecule has 0 atom stereocenters. The van der Waals surface area contributed by atoms with E-state index in [1.54, 1.807) is 48.5 Å². The smallest absolute Gasteiger partial charge is 0.261 e. The molecule has 1 aliphatic heterocycles. The van der Waals surface area contributed by atoms with Gasteiger partial charge in [0.25, 0.3) is 11.8 Å². The number of nitrogens with zero attached hydrogens (tertiary/aromatic N) is 2. The minimum Gasteiger partial charge on any atom is -0.453 e. The average molecular weight is 517 g/mol. The number of hydrogen-bond acceptors (Lipinski definition) is 6. The van der Waals surface area contributed by atoms with E-state index >= 15 is 0 Å². The molecule has 0 unspecified atom stereocenters. The largest absolute Gasteiger partial charge is 0.453 e. The summed E-state index contributed by atoms with van der Waals surface area (Å²) < 4.78 is 33.6. The van der Waals surface area contributed by atoms with Crippen molar-refractivity contribution in [2.75, 3.05) is 23.7 Å². The maximum absolute atomic E-state index is 14.3. The number of rotatable bonds is 6. The predicted molar refractivity (Wildman–Crippen MR) is 137 cm³/mol. The average Bonchev–Trinajstić information content (AvgIpc) is 3.14. The van der Waals surface area contributed by atoms with Gasteiger partial charge >= 0.3 is 0 Å². The summed E-state index contributed by atoms with van der Waals surface area (Å²) in [5.41, 5.74) is 5.64. The highest BCUT2D eigenvalue weighted by Crippen LogP contribution is 2.30. The van der Waals surface area contributed by atoms with Gasteiger partial charge in [0.1, 0.15) is 11.6 Å². The number of nitrogen functional groups attached to an aromatic ring is 1. The summed E-state index contributed by atoms with van der Waals surface area (Å²) in [6.45, 7) is 1.78. The Morgan fingerprint density at radius 1 is 0.947 bits per heavy atom. The second-order valence-corrected chi connectivity index (χ2v) is 8.81. The van der Waals surface area contributed by atoms with Crippen LogP contribution in [0, 0.1) is 11.6 Å². The molecule has 0 saturated carbocycles. The molecule has 0 bridgehead atoms. The van der Waals surface area contributed by atoms with Crippen molar-refractivity contribution >= 4 is 40.1 Å². The molecule has 1 aliphatic rings. The molecule has 0 fully saturated rings. The maximum atomic E-state index is 14.3. The van der Waals surface area contributed by atoms with Crippen molar-refractivity contribution in [2.24, 2.45) is 0 Å². The highest BCUT2D eigenvalue weighted by atomic mass is 19.1.